The molecule has 4 aliphatic rings. The van der Waals surface area contributed by atoms with E-state index in [4.69, 9.17) is 4.74 Å². The summed E-state index contributed by atoms with van der Waals surface area (Å²) in [6.07, 6.45) is 7.21. The molecule has 1 aliphatic carbocycles. The van der Waals surface area contributed by atoms with E-state index in [0.717, 1.165) is 36.1 Å². The molecule has 0 spiro atoms. The average Bonchev–Trinajstić information content (AvgIpc) is 3.69. The van der Waals surface area contributed by atoms with E-state index >= 15 is 0 Å². The van der Waals surface area contributed by atoms with E-state index in [1.807, 2.05) is 12.1 Å². The van der Waals surface area contributed by atoms with Crippen LogP contribution in [0.4, 0.5) is 0 Å². The number of imide groups is 1. The van der Waals surface area contributed by atoms with Crippen LogP contribution in [-0.2, 0) is 22.7 Å². The lowest BCUT2D eigenvalue weighted by Crippen LogP contribution is -2.52. The summed E-state index contributed by atoms with van der Waals surface area (Å²) in [5.74, 6) is 2.13. The van der Waals surface area contributed by atoms with Crippen molar-refractivity contribution in [2.45, 2.75) is 70.1 Å². The lowest BCUT2D eigenvalue weighted by Gasteiger charge is -2.31. The summed E-state index contributed by atoms with van der Waals surface area (Å²) in [5, 5.41) is 5.86. The number of nitrogens with zero attached hydrogens (tertiary/aromatic N) is 1. The highest BCUT2D eigenvalue weighted by atomic mass is 16.5. The van der Waals surface area contributed by atoms with Crippen LogP contribution in [0.2, 0.25) is 0 Å². The minimum Gasteiger partial charge on any atom is -0.489 e. The summed E-state index contributed by atoms with van der Waals surface area (Å²) in [7, 11) is 0. The van der Waals surface area contributed by atoms with Gasteiger partial charge in [-0.25, -0.2) is 0 Å². The summed E-state index contributed by atoms with van der Waals surface area (Å²) in [6.45, 7) is 2.99. The smallest absolute Gasteiger partial charge is 0.255 e. The quantitative estimate of drug-likeness (QED) is 0.536. The van der Waals surface area contributed by atoms with Crippen LogP contribution in [0, 0.1) is 11.8 Å². The first-order chi connectivity index (χ1) is 18.1. The van der Waals surface area contributed by atoms with Crippen LogP contribution in [-0.4, -0.2) is 41.8 Å². The number of piperidine rings is 2. The average molecular weight is 502 g/mol. The molecule has 7 nitrogen and oxygen atoms in total. The van der Waals surface area contributed by atoms with E-state index in [1.54, 1.807) is 11.0 Å². The van der Waals surface area contributed by atoms with Gasteiger partial charge >= 0.3 is 0 Å². The number of hydrogen-bond acceptors (Lipinski definition) is 5. The van der Waals surface area contributed by atoms with Gasteiger partial charge in [-0.1, -0.05) is 43.2 Å². The molecule has 0 radical (unpaired) electrons. The van der Waals surface area contributed by atoms with Gasteiger partial charge in [-0.3, -0.25) is 19.7 Å². The molecule has 3 heterocycles. The van der Waals surface area contributed by atoms with Crippen molar-refractivity contribution in [3.8, 4) is 5.75 Å². The number of hydrogen-bond donors (Lipinski definition) is 2. The molecule has 194 valence electrons. The molecule has 2 saturated heterocycles. The lowest BCUT2D eigenvalue weighted by molar-refractivity contribution is -0.136. The largest absolute Gasteiger partial charge is 0.489 e. The predicted molar refractivity (Wildman–Crippen MR) is 139 cm³/mol. The van der Waals surface area contributed by atoms with E-state index in [2.05, 4.69) is 34.9 Å². The van der Waals surface area contributed by atoms with Gasteiger partial charge in [0.1, 0.15) is 18.4 Å². The molecule has 2 aromatic rings. The van der Waals surface area contributed by atoms with E-state index in [1.165, 1.54) is 37.7 Å². The number of nitrogens with one attached hydrogen (secondary N) is 2. The van der Waals surface area contributed by atoms with Gasteiger partial charge in [0.15, 0.2) is 0 Å². The monoisotopic (exact) mass is 501 g/mol. The molecule has 7 heteroatoms. The molecule has 3 fully saturated rings. The number of rotatable bonds is 8. The van der Waals surface area contributed by atoms with Crippen LogP contribution in [0.15, 0.2) is 42.5 Å². The fourth-order valence-corrected chi connectivity index (χ4v) is 6.27. The molecule has 3 aliphatic heterocycles. The number of amides is 3. The number of carbonyl (C=O) groups excluding carboxylic acids is 3. The van der Waals surface area contributed by atoms with Gasteiger partial charge < -0.3 is 15.0 Å². The molecular weight excluding hydrogens is 466 g/mol. The molecule has 2 unspecified atom stereocenters. The highest BCUT2D eigenvalue weighted by Crippen LogP contribution is 2.44. The second-order valence-electron chi connectivity index (χ2n) is 11.1. The predicted octanol–water partition coefficient (Wildman–Crippen LogP) is 3.91. The first kappa shape index (κ1) is 24.2. The van der Waals surface area contributed by atoms with Gasteiger partial charge in [0.25, 0.3) is 5.91 Å². The third-order valence-electron chi connectivity index (χ3n) is 8.58. The number of fused-ring (bicyclic) bond motifs is 1. The Bertz CT molecular complexity index is 1180. The van der Waals surface area contributed by atoms with E-state index in [-0.39, 0.29) is 18.2 Å². The van der Waals surface area contributed by atoms with Crippen molar-refractivity contribution in [1.82, 2.24) is 15.5 Å². The van der Waals surface area contributed by atoms with Crippen LogP contribution in [0.1, 0.15) is 77.9 Å². The third kappa shape index (κ3) is 5.14. The second kappa shape index (κ2) is 10.3. The van der Waals surface area contributed by atoms with Crippen LogP contribution in [0.25, 0.3) is 0 Å². The molecule has 2 N–H and O–H groups in total. The molecular formula is C30H35N3O4. The Morgan fingerprint density at radius 3 is 2.46 bits per heavy atom. The van der Waals surface area contributed by atoms with Gasteiger partial charge in [-0.05, 0) is 79.8 Å². The first-order valence-corrected chi connectivity index (χ1v) is 13.8. The molecule has 0 aromatic heterocycles. The maximum atomic E-state index is 13.1. The van der Waals surface area contributed by atoms with E-state index in [0.29, 0.717) is 36.8 Å². The highest BCUT2D eigenvalue weighted by molar-refractivity contribution is 6.05. The van der Waals surface area contributed by atoms with Gasteiger partial charge in [-0.2, -0.15) is 0 Å². The van der Waals surface area contributed by atoms with Crippen LogP contribution < -0.4 is 15.4 Å². The molecule has 2 aromatic carbocycles. The Morgan fingerprint density at radius 2 is 1.73 bits per heavy atom. The zero-order valence-electron chi connectivity index (χ0n) is 21.2. The molecule has 37 heavy (non-hydrogen) atoms. The Kier molecular flexibility index (Phi) is 6.72. The fraction of sp³-hybridized carbons (Fsp3) is 0.500. The van der Waals surface area contributed by atoms with Crippen molar-refractivity contribution in [2.75, 3.05) is 13.1 Å². The summed E-state index contributed by atoms with van der Waals surface area (Å²) in [6, 6.07) is 13.8. The summed E-state index contributed by atoms with van der Waals surface area (Å²) in [5.41, 5.74) is 3.93. The summed E-state index contributed by atoms with van der Waals surface area (Å²) < 4.78 is 6.21. The SMILES string of the molecule is O=C1CCC(N2Cc3c(OCc4ccc(C(CC5CC5)C5CCNCC5)cc4)cccc3C2=O)C(=O)N1. The molecule has 2 atom stereocenters. The molecule has 3 amide bonds. The standard InChI is InChI=1S/C30H35N3O4/c34-28-11-10-26(29(35)32-28)33-17-25-23(30(33)36)2-1-3-27(25)37-18-20-6-8-21(9-7-20)24(16-19-4-5-19)22-12-14-31-15-13-22/h1-3,6-9,19,22,24,26,31H,4-5,10-18H2,(H,32,34,35). The summed E-state index contributed by atoms with van der Waals surface area (Å²) >= 11 is 0. The Labute approximate surface area is 217 Å². The minimum absolute atomic E-state index is 0.182. The minimum atomic E-state index is -0.624. The number of carbonyl (C=O) groups is 3. The van der Waals surface area contributed by atoms with Crippen molar-refractivity contribution in [3.05, 3.63) is 64.7 Å². The molecule has 1 saturated carbocycles. The van der Waals surface area contributed by atoms with Crippen molar-refractivity contribution in [3.63, 3.8) is 0 Å². The van der Waals surface area contributed by atoms with Crippen LogP contribution in [0.3, 0.4) is 0 Å². The Hall–Kier alpha value is -3.19. The third-order valence-corrected chi connectivity index (χ3v) is 8.58. The Morgan fingerprint density at radius 1 is 0.946 bits per heavy atom. The highest BCUT2D eigenvalue weighted by Gasteiger charge is 2.40. The van der Waals surface area contributed by atoms with Gasteiger partial charge in [0.05, 0.1) is 6.54 Å². The van der Waals surface area contributed by atoms with Gasteiger partial charge in [-0.15, -0.1) is 0 Å². The fourth-order valence-electron chi connectivity index (χ4n) is 6.27. The van der Waals surface area contributed by atoms with Crippen molar-refractivity contribution in [1.29, 1.82) is 0 Å². The van der Waals surface area contributed by atoms with Crippen LogP contribution >= 0.6 is 0 Å². The van der Waals surface area contributed by atoms with Crippen molar-refractivity contribution < 1.29 is 19.1 Å². The maximum absolute atomic E-state index is 13.1. The van der Waals surface area contributed by atoms with Gasteiger partial charge in [0, 0.05) is 17.5 Å². The van der Waals surface area contributed by atoms with E-state index in [9.17, 15) is 14.4 Å². The van der Waals surface area contributed by atoms with Crippen molar-refractivity contribution >= 4 is 17.7 Å². The molecule has 6 rings (SSSR count). The number of ether oxygens (including phenoxy) is 1. The van der Waals surface area contributed by atoms with Crippen molar-refractivity contribution in [2.24, 2.45) is 11.8 Å². The Balaban J connectivity index is 1.13. The maximum Gasteiger partial charge on any atom is 0.255 e. The zero-order valence-corrected chi connectivity index (χ0v) is 21.2. The normalized spacial score (nSPS) is 23.1. The van der Waals surface area contributed by atoms with Crippen LogP contribution in [0.5, 0.6) is 5.75 Å². The summed E-state index contributed by atoms with van der Waals surface area (Å²) in [4.78, 5) is 38.5. The molecule has 0 bridgehead atoms. The van der Waals surface area contributed by atoms with Gasteiger partial charge in [0.2, 0.25) is 11.8 Å². The topological polar surface area (TPSA) is 87.7 Å². The second-order valence-corrected chi connectivity index (χ2v) is 11.1. The van der Waals surface area contributed by atoms with E-state index < -0.39 is 11.9 Å². The number of benzene rings is 2. The zero-order chi connectivity index (χ0) is 25.4. The lowest BCUT2D eigenvalue weighted by atomic mass is 9.77. The first-order valence-electron chi connectivity index (χ1n) is 13.8.